The molecular weight excluding hydrogens is 390 g/mol. The van der Waals surface area contributed by atoms with Crippen LogP contribution in [-0.4, -0.2) is 0 Å². The summed E-state index contributed by atoms with van der Waals surface area (Å²) in [7, 11) is 0. The highest BCUT2D eigenvalue weighted by atomic mass is 35.5. The molecule has 0 bridgehead atoms. The minimum Gasteiger partial charge on any atom is -0.454 e. The van der Waals surface area contributed by atoms with E-state index >= 15 is 0 Å². The monoisotopic (exact) mass is 410 g/mol. The molecule has 3 aromatic carbocycles. The van der Waals surface area contributed by atoms with Crippen molar-refractivity contribution in [3.8, 4) is 11.5 Å². The molecule has 1 saturated carbocycles. The Morgan fingerprint density at radius 3 is 2.45 bits per heavy atom. The van der Waals surface area contributed by atoms with Crippen molar-refractivity contribution in [2.45, 2.75) is 25.2 Å². The predicted molar refractivity (Wildman–Crippen MR) is 113 cm³/mol. The molecule has 1 atom stereocenters. The fraction of sp³-hybridized carbons (Fsp3) is 0.200. The van der Waals surface area contributed by atoms with Gasteiger partial charge in [-0.3, -0.25) is 0 Å². The maximum absolute atomic E-state index is 14.9. The van der Waals surface area contributed by atoms with Crippen molar-refractivity contribution < 1.29 is 13.5 Å². The van der Waals surface area contributed by atoms with Crippen molar-refractivity contribution in [2.75, 3.05) is 0 Å². The molecule has 1 fully saturated rings. The van der Waals surface area contributed by atoms with Gasteiger partial charge in [0.05, 0.1) is 0 Å². The third kappa shape index (κ3) is 5.24. The van der Waals surface area contributed by atoms with Crippen molar-refractivity contribution in [3.05, 3.63) is 107 Å². The molecule has 0 aromatic heterocycles. The Hall–Kier alpha value is -2.65. The van der Waals surface area contributed by atoms with Crippen LogP contribution in [0.3, 0.4) is 0 Å². The lowest BCUT2D eigenvalue weighted by Gasteiger charge is -2.13. The van der Waals surface area contributed by atoms with Crippen molar-refractivity contribution in [2.24, 2.45) is 5.92 Å². The quantitative estimate of drug-likeness (QED) is 0.385. The van der Waals surface area contributed by atoms with Gasteiger partial charge in [-0.25, -0.2) is 8.78 Å². The van der Waals surface area contributed by atoms with Gasteiger partial charge >= 0.3 is 0 Å². The normalized spacial score (nSPS) is 15.2. The van der Waals surface area contributed by atoms with Gasteiger partial charge in [0.25, 0.3) is 0 Å². The van der Waals surface area contributed by atoms with E-state index in [-0.39, 0.29) is 23.9 Å². The van der Waals surface area contributed by atoms with Crippen LogP contribution >= 0.6 is 11.6 Å². The summed E-state index contributed by atoms with van der Waals surface area (Å²) in [5, 5.41) is 0.671. The molecule has 0 saturated heterocycles. The Morgan fingerprint density at radius 2 is 1.76 bits per heavy atom. The van der Waals surface area contributed by atoms with Gasteiger partial charge in [0.1, 0.15) is 11.6 Å². The average molecular weight is 411 g/mol. The topological polar surface area (TPSA) is 9.23 Å². The summed E-state index contributed by atoms with van der Waals surface area (Å²) in [6.07, 6.45) is 4.00. The highest BCUT2D eigenvalue weighted by molar-refractivity contribution is 6.30. The molecule has 0 heterocycles. The molecular formula is C25H21ClF2O. The van der Waals surface area contributed by atoms with Crippen molar-refractivity contribution in [1.82, 2.24) is 0 Å². The van der Waals surface area contributed by atoms with Gasteiger partial charge in [-0.1, -0.05) is 48.0 Å². The zero-order chi connectivity index (χ0) is 20.2. The number of benzene rings is 3. The molecule has 0 aliphatic heterocycles. The summed E-state index contributed by atoms with van der Waals surface area (Å²) < 4.78 is 34.6. The molecule has 0 amide bonds. The van der Waals surface area contributed by atoms with Crippen LogP contribution in [0, 0.1) is 11.7 Å². The van der Waals surface area contributed by atoms with Crippen LogP contribution in [-0.2, 0) is 6.42 Å². The highest BCUT2D eigenvalue weighted by Gasteiger charge is 2.31. The molecule has 1 aliphatic carbocycles. The van der Waals surface area contributed by atoms with E-state index in [2.05, 4.69) is 0 Å². The van der Waals surface area contributed by atoms with E-state index in [1.807, 2.05) is 42.5 Å². The molecule has 4 rings (SSSR count). The fourth-order valence-corrected chi connectivity index (χ4v) is 3.57. The first-order valence-electron chi connectivity index (χ1n) is 9.71. The van der Waals surface area contributed by atoms with Crippen LogP contribution in [0.15, 0.2) is 84.7 Å². The summed E-state index contributed by atoms with van der Waals surface area (Å²) in [5.74, 6) is 0.432. The van der Waals surface area contributed by atoms with Crippen LogP contribution in [0.4, 0.5) is 8.78 Å². The Morgan fingerprint density at radius 1 is 1.03 bits per heavy atom. The third-order valence-electron chi connectivity index (χ3n) is 5.08. The lowest BCUT2D eigenvalue weighted by Crippen LogP contribution is -2.00. The fourth-order valence-electron chi connectivity index (χ4n) is 3.45. The third-order valence-corrected chi connectivity index (χ3v) is 5.34. The average Bonchev–Trinajstić information content (AvgIpc) is 3.55. The Labute approximate surface area is 174 Å². The number of rotatable bonds is 7. The standard InChI is InChI=1S/C25H21ClF2O/c26-20-11-9-19(10-12-20)23(18-7-8-18)16-21(27)14-17-6-13-24(28)25(15-17)29-22-4-2-1-3-5-22/h1-6,9-13,15-16,18,23H,7-8,14H2. The second-order valence-electron chi connectivity index (χ2n) is 7.38. The van der Waals surface area contributed by atoms with E-state index in [9.17, 15) is 8.78 Å². The van der Waals surface area contributed by atoms with E-state index in [0.29, 0.717) is 22.3 Å². The predicted octanol–water partition coefficient (Wildman–Crippen LogP) is 7.86. The van der Waals surface area contributed by atoms with Crippen LogP contribution < -0.4 is 4.74 Å². The van der Waals surface area contributed by atoms with Crippen LogP contribution in [0.1, 0.15) is 29.9 Å². The summed E-state index contributed by atoms with van der Waals surface area (Å²) in [6, 6.07) is 21.0. The molecule has 0 radical (unpaired) electrons. The first-order valence-corrected chi connectivity index (χ1v) is 10.1. The number of hydrogen-bond acceptors (Lipinski definition) is 1. The molecule has 0 spiro atoms. The first-order chi connectivity index (χ1) is 14.1. The number of ether oxygens (including phenoxy) is 1. The molecule has 148 valence electrons. The summed E-state index contributed by atoms with van der Waals surface area (Å²) in [5.41, 5.74) is 1.73. The van der Waals surface area contributed by atoms with Crippen LogP contribution in [0.5, 0.6) is 11.5 Å². The SMILES string of the molecule is FC(=CC(c1ccc(Cl)cc1)C1CC1)Cc1ccc(F)c(Oc2ccccc2)c1. The molecule has 1 unspecified atom stereocenters. The second kappa shape index (κ2) is 8.79. The van der Waals surface area contributed by atoms with Gasteiger partial charge in [-0.2, -0.15) is 0 Å². The molecule has 1 aliphatic rings. The number of halogens is 3. The van der Waals surface area contributed by atoms with Gasteiger partial charge in [0.15, 0.2) is 11.6 Å². The maximum Gasteiger partial charge on any atom is 0.165 e. The van der Waals surface area contributed by atoms with Gasteiger partial charge < -0.3 is 4.74 Å². The Balaban J connectivity index is 1.51. The maximum atomic E-state index is 14.9. The Bertz CT molecular complexity index is 995. The minimum atomic E-state index is -0.473. The van der Waals surface area contributed by atoms with Gasteiger partial charge in [-0.05, 0) is 72.4 Å². The largest absolute Gasteiger partial charge is 0.454 e. The summed E-state index contributed by atoms with van der Waals surface area (Å²) in [6.45, 7) is 0. The van der Waals surface area contributed by atoms with E-state index in [4.69, 9.17) is 16.3 Å². The summed E-state index contributed by atoms with van der Waals surface area (Å²) in [4.78, 5) is 0. The second-order valence-corrected chi connectivity index (χ2v) is 7.82. The van der Waals surface area contributed by atoms with Gasteiger partial charge in [0.2, 0.25) is 0 Å². The molecule has 4 heteroatoms. The van der Waals surface area contributed by atoms with Crippen molar-refractivity contribution in [1.29, 1.82) is 0 Å². The van der Waals surface area contributed by atoms with Gasteiger partial charge in [0, 0.05) is 17.4 Å². The lowest BCUT2D eigenvalue weighted by atomic mass is 9.93. The molecule has 0 N–H and O–H groups in total. The number of hydrogen-bond donors (Lipinski definition) is 0. The smallest absolute Gasteiger partial charge is 0.165 e. The van der Waals surface area contributed by atoms with Crippen LogP contribution in [0.25, 0.3) is 0 Å². The minimum absolute atomic E-state index is 0.0350. The van der Waals surface area contributed by atoms with Crippen LogP contribution in [0.2, 0.25) is 5.02 Å². The summed E-state index contributed by atoms with van der Waals surface area (Å²) >= 11 is 5.98. The Kier molecular flexibility index (Phi) is 5.96. The molecule has 29 heavy (non-hydrogen) atoms. The number of para-hydroxylation sites is 1. The van der Waals surface area contributed by atoms with E-state index in [0.717, 1.165) is 18.4 Å². The van der Waals surface area contributed by atoms with E-state index < -0.39 is 5.82 Å². The first kappa shape index (κ1) is 19.7. The van der Waals surface area contributed by atoms with Crippen molar-refractivity contribution >= 4 is 11.6 Å². The zero-order valence-corrected chi connectivity index (χ0v) is 16.6. The molecule has 3 aromatic rings. The van der Waals surface area contributed by atoms with Gasteiger partial charge in [-0.15, -0.1) is 0 Å². The van der Waals surface area contributed by atoms with Crippen molar-refractivity contribution in [3.63, 3.8) is 0 Å². The molecule has 1 nitrogen and oxygen atoms in total. The van der Waals surface area contributed by atoms with E-state index in [1.54, 1.807) is 30.3 Å². The highest BCUT2D eigenvalue weighted by Crippen LogP contribution is 2.44. The number of allylic oxidation sites excluding steroid dienone is 2. The lowest BCUT2D eigenvalue weighted by molar-refractivity contribution is 0.441. The zero-order valence-electron chi connectivity index (χ0n) is 15.8. The van der Waals surface area contributed by atoms with E-state index in [1.165, 1.54) is 6.07 Å².